The lowest BCUT2D eigenvalue weighted by molar-refractivity contribution is -0.105. The minimum absolute atomic E-state index is 0.0780. The molecule has 0 saturated carbocycles. The molecule has 0 heterocycles. The second-order valence-corrected chi connectivity index (χ2v) is 2.26. The zero-order chi connectivity index (χ0) is 9.84. The lowest BCUT2D eigenvalue weighted by atomic mass is 10.2. The molecule has 1 aromatic rings. The lowest BCUT2D eigenvalue weighted by Crippen LogP contribution is -2.01. The number of hydrogen-bond acceptors (Lipinski definition) is 2. The summed E-state index contributed by atoms with van der Waals surface area (Å²) in [5.74, 6) is -1.84. The summed E-state index contributed by atoms with van der Waals surface area (Å²) in [7, 11) is 0. The van der Waals surface area contributed by atoms with Gasteiger partial charge in [0, 0.05) is 0 Å². The summed E-state index contributed by atoms with van der Waals surface area (Å²) in [6, 6.07) is 3.15. The van der Waals surface area contributed by atoms with Crippen molar-refractivity contribution in [3.05, 3.63) is 29.6 Å². The van der Waals surface area contributed by atoms with Crippen molar-refractivity contribution < 1.29 is 19.1 Å². The molecule has 0 aliphatic rings. The predicted octanol–water partition coefficient (Wildman–Crippen LogP) is 1.09. The Hall–Kier alpha value is -1.91. The molecule has 0 unspecified atom stereocenters. The van der Waals surface area contributed by atoms with Crippen molar-refractivity contribution in [1.29, 1.82) is 0 Å². The Morgan fingerprint density at radius 1 is 1.54 bits per heavy atom. The number of carbonyl (C=O) groups excluding carboxylic acids is 1. The Morgan fingerprint density at radius 3 is 2.77 bits per heavy atom. The van der Waals surface area contributed by atoms with Crippen molar-refractivity contribution in [1.82, 2.24) is 0 Å². The second kappa shape index (κ2) is 3.66. The van der Waals surface area contributed by atoms with Crippen molar-refractivity contribution in [2.24, 2.45) is 0 Å². The van der Waals surface area contributed by atoms with E-state index in [-0.39, 0.29) is 17.7 Å². The van der Waals surface area contributed by atoms with Crippen molar-refractivity contribution in [3.8, 4) is 0 Å². The first-order chi connectivity index (χ1) is 6.15. The highest BCUT2D eigenvalue weighted by Crippen LogP contribution is 2.15. The van der Waals surface area contributed by atoms with E-state index in [0.29, 0.717) is 0 Å². The first-order valence-corrected chi connectivity index (χ1v) is 3.38. The number of rotatable bonds is 3. The molecule has 2 N–H and O–H groups in total. The average Bonchev–Trinajstić information content (AvgIpc) is 2.08. The number of nitrogens with one attached hydrogen (secondary N) is 1. The van der Waals surface area contributed by atoms with E-state index in [0.717, 1.165) is 18.2 Å². The van der Waals surface area contributed by atoms with Gasteiger partial charge >= 0.3 is 5.97 Å². The largest absolute Gasteiger partial charge is 0.478 e. The Morgan fingerprint density at radius 2 is 2.23 bits per heavy atom. The summed E-state index contributed by atoms with van der Waals surface area (Å²) in [4.78, 5) is 20.4. The molecule has 0 spiro atoms. The van der Waals surface area contributed by atoms with Gasteiger partial charge in [0.1, 0.15) is 5.82 Å². The predicted molar refractivity (Wildman–Crippen MR) is 43.0 cm³/mol. The first-order valence-electron chi connectivity index (χ1n) is 3.38. The minimum Gasteiger partial charge on any atom is -0.478 e. The summed E-state index contributed by atoms with van der Waals surface area (Å²) < 4.78 is 12.8. The van der Waals surface area contributed by atoms with Crippen molar-refractivity contribution in [2.45, 2.75) is 0 Å². The third-order valence-corrected chi connectivity index (χ3v) is 1.43. The van der Waals surface area contributed by atoms with Crippen LogP contribution in [0.3, 0.4) is 0 Å². The van der Waals surface area contributed by atoms with Gasteiger partial charge in [0.15, 0.2) is 0 Å². The van der Waals surface area contributed by atoms with Gasteiger partial charge in [-0.2, -0.15) is 0 Å². The SMILES string of the molecule is O=CNc1cc(C(=O)O)ccc1F. The Bertz CT molecular complexity index is 351. The van der Waals surface area contributed by atoms with Crippen LogP contribution in [0.1, 0.15) is 10.4 Å². The zero-order valence-electron chi connectivity index (χ0n) is 6.45. The van der Waals surface area contributed by atoms with Crippen LogP contribution in [0.15, 0.2) is 18.2 Å². The van der Waals surface area contributed by atoms with E-state index in [2.05, 4.69) is 5.32 Å². The number of carbonyl (C=O) groups is 2. The molecule has 0 atom stereocenters. The number of carboxylic acids is 1. The summed E-state index contributed by atoms with van der Waals surface area (Å²) in [6.45, 7) is 0. The van der Waals surface area contributed by atoms with Gasteiger partial charge in [0.2, 0.25) is 6.41 Å². The van der Waals surface area contributed by atoms with Crippen LogP contribution in [-0.4, -0.2) is 17.5 Å². The van der Waals surface area contributed by atoms with Gasteiger partial charge in [0.05, 0.1) is 11.3 Å². The molecule has 0 saturated heterocycles. The second-order valence-electron chi connectivity index (χ2n) is 2.26. The maximum Gasteiger partial charge on any atom is 0.335 e. The van der Waals surface area contributed by atoms with Crippen LogP contribution in [0.5, 0.6) is 0 Å². The van der Waals surface area contributed by atoms with Crippen LogP contribution >= 0.6 is 0 Å². The average molecular weight is 183 g/mol. The lowest BCUT2D eigenvalue weighted by Gasteiger charge is -2.01. The normalized spacial score (nSPS) is 9.31. The van der Waals surface area contributed by atoms with Crippen LogP contribution < -0.4 is 5.32 Å². The van der Waals surface area contributed by atoms with Gasteiger partial charge in [-0.1, -0.05) is 0 Å². The molecule has 0 aromatic heterocycles. The molecular weight excluding hydrogens is 177 g/mol. The zero-order valence-corrected chi connectivity index (χ0v) is 6.45. The fourth-order valence-corrected chi connectivity index (χ4v) is 0.832. The topological polar surface area (TPSA) is 66.4 Å². The monoisotopic (exact) mass is 183 g/mol. The Balaban J connectivity index is 3.10. The molecule has 1 amide bonds. The molecule has 4 nitrogen and oxygen atoms in total. The highest BCUT2D eigenvalue weighted by Gasteiger charge is 2.07. The molecule has 0 bridgehead atoms. The molecule has 5 heteroatoms. The van der Waals surface area contributed by atoms with E-state index < -0.39 is 11.8 Å². The quantitative estimate of drug-likeness (QED) is 0.689. The maximum absolute atomic E-state index is 12.8. The molecule has 0 aliphatic carbocycles. The number of anilines is 1. The summed E-state index contributed by atoms with van der Waals surface area (Å²) in [5, 5.41) is 10.6. The number of hydrogen-bond donors (Lipinski definition) is 2. The molecule has 13 heavy (non-hydrogen) atoms. The fraction of sp³-hybridized carbons (Fsp3) is 0. The molecule has 1 aromatic carbocycles. The molecule has 68 valence electrons. The maximum atomic E-state index is 12.8. The first kappa shape index (κ1) is 9.18. The Labute approximate surface area is 73.0 Å². The number of halogens is 1. The third-order valence-electron chi connectivity index (χ3n) is 1.43. The van der Waals surface area contributed by atoms with E-state index in [1.807, 2.05) is 0 Å². The van der Waals surface area contributed by atoms with Crippen molar-refractivity contribution >= 4 is 18.1 Å². The van der Waals surface area contributed by atoms with Crippen molar-refractivity contribution in [3.63, 3.8) is 0 Å². The number of aromatic carboxylic acids is 1. The summed E-state index contributed by atoms with van der Waals surface area (Å²) in [5.41, 5.74) is -0.222. The highest BCUT2D eigenvalue weighted by molar-refractivity contribution is 5.89. The Kier molecular flexibility index (Phi) is 2.59. The number of carboxylic acid groups (broad SMARTS) is 1. The number of amides is 1. The highest BCUT2D eigenvalue weighted by atomic mass is 19.1. The minimum atomic E-state index is -1.17. The van der Waals surface area contributed by atoms with Crippen LogP contribution in [0.25, 0.3) is 0 Å². The van der Waals surface area contributed by atoms with Gasteiger partial charge < -0.3 is 10.4 Å². The van der Waals surface area contributed by atoms with E-state index in [1.165, 1.54) is 0 Å². The third kappa shape index (κ3) is 2.02. The van der Waals surface area contributed by atoms with E-state index in [9.17, 15) is 14.0 Å². The molecule has 0 fully saturated rings. The molecule has 0 radical (unpaired) electrons. The van der Waals surface area contributed by atoms with E-state index in [1.54, 1.807) is 0 Å². The van der Waals surface area contributed by atoms with Gasteiger partial charge in [0.25, 0.3) is 0 Å². The molecule has 0 aliphatic heterocycles. The summed E-state index contributed by atoms with van der Waals surface area (Å²) in [6.07, 6.45) is 0.282. The van der Waals surface area contributed by atoms with Gasteiger partial charge in [-0.25, -0.2) is 9.18 Å². The smallest absolute Gasteiger partial charge is 0.335 e. The standard InChI is InChI=1S/C8H6FNO3/c9-6-2-1-5(8(12)13)3-7(6)10-4-11/h1-4H,(H,10,11)(H,12,13). The van der Waals surface area contributed by atoms with E-state index in [4.69, 9.17) is 5.11 Å². The van der Waals surface area contributed by atoms with E-state index >= 15 is 0 Å². The van der Waals surface area contributed by atoms with Gasteiger partial charge in [-0.05, 0) is 18.2 Å². The fourth-order valence-electron chi connectivity index (χ4n) is 0.832. The van der Waals surface area contributed by atoms with Gasteiger partial charge in [-0.15, -0.1) is 0 Å². The summed E-state index contributed by atoms with van der Waals surface area (Å²) >= 11 is 0. The number of benzene rings is 1. The van der Waals surface area contributed by atoms with Crippen LogP contribution in [0.2, 0.25) is 0 Å². The van der Waals surface area contributed by atoms with Gasteiger partial charge in [-0.3, -0.25) is 4.79 Å². The molecule has 1 rings (SSSR count). The van der Waals surface area contributed by atoms with Crippen LogP contribution in [0.4, 0.5) is 10.1 Å². The van der Waals surface area contributed by atoms with Crippen LogP contribution in [-0.2, 0) is 4.79 Å². The molecular formula is C8H6FNO3. The van der Waals surface area contributed by atoms with Crippen molar-refractivity contribution in [2.75, 3.05) is 5.32 Å². The van der Waals surface area contributed by atoms with Crippen LogP contribution in [0, 0.1) is 5.82 Å².